The van der Waals surface area contributed by atoms with Crippen LogP contribution >= 0.6 is 11.6 Å². The normalized spacial score (nSPS) is 11.5. The molecule has 0 aromatic heterocycles. The first-order valence-corrected chi connectivity index (χ1v) is 7.04. The molecule has 2 rings (SSSR count). The fraction of sp³-hybridized carbons (Fsp3) is 0.250. The summed E-state index contributed by atoms with van der Waals surface area (Å²) in [5.74, 6) is 0.722. The molecule has 0 amide bonds. The van der Waals surface area contributed by atoms with Gasteiger partial charge in [0.15, 0.2) is 0 Å². The minimum atomic E-state index is -4.22. The molecular formula is C16H15ClF3NO. The van der Waals surface area contributed by atoms with Gasteiger partial charge in [0.25, 0.3) is 0 Å². The summed E-state index contributed by atoms with van der Waals surface area (Å²) >= 11 is 6.00. The van der Waals surface area contributed by atoms with Gasteiger partial charge < -0.3 is 10.1 Å². The van der Waals surface area contributed by atoms with Gasteiger partial charge in [-0.1, -0.05) is 35.9 Å². The first-order valence-electron chi connectivity index (χ1n) is 6.66. The van der Waals surface area contributed by atoms with E-state index in [1.54, 1.807) is 18.2 Å². The highest BCUT2D eigenvalue weighted by Crippen LogP contribution is 2.18. The van der Waals surface area contributed by atoms with Gasteiger partial charge in [-0.3, -0.25) is 0 Å². The van der Waals surface area contributed by atoms with Gasteiger partial charge in [-0.15, -0.1) is 0 Å². The molecule has 0 saturated carbocycles. The van der Waals surface area contributed by atoms with Crippen LogP contribution in [0.25, 0.3) is 0 Å². The lowest BCUT2D eigenvalue weighted by atomic mass is 10.1. The maximum absolute atomic E-state index is 12.1. The molecule has 0 atom stereocenters. The van der Waals surface area contributed by atoms with Gasteiger partial charge in [0.05, 0.1) is 6.54 Å². The second-order valence-electron chi connectivity index (χ2n) is 4.79. The van der Waals surface area contributed by atoms with Crippen LogP contribution in [0, 0.1) is 0 Å². The van der Waals surface area contributed by atoms with E-state index in [-0.39, 0.29) is 6.54 Å². The lowest BCUT2D eigenvalue weighted by Crippen LogP contribution is -2.28. The second kappa shape index (κ2) is 7.51. The molecule has 0 unspecified atom stereocenters. The first-order chi connectivity index (χ1) is 10.4. The smallest absolute Gasteiger partial charge is 0.401 e. The predicted molar refractivity (Wildman–Crippen MR) is 80.0 cm³/mol. The van der Waals surface area contributed by atoms with E-state index in [1.165, 1.54) is 0 Å². The summed E-state index contributed by atoms with van der Waals surface area (Å²) in [7, 11) is 0. The predicted octanol–water partition coefficient (Wildman–Crippen LogP) is 4.57. The summed E-state index contributed by atoms with van der Waals surface area (Å²) in [5.41, 5.74) is 1.49. The third-order valence-electron chi connectivity index (χ3n) is 2.82. The van der Waals surface area contributed by atoms with Crippen molar-refractivity contribution < 1.29 is 17.9 Å². The molecule has 118 valence electrons. The number of benzene rings is 2. The molecule has 0 heterocycles. The van der Waals surface area contributed by atoms with Crippen LogP contribution in [0.2, 0.25) is 5.02 Å². The quantitative estimate of drug-likeness (QED) is 0.838. The highest BCUT2D eigenvalue weighted by molar-refractivity contribution is 6.30. The summed E-state index contributed by atoms with van der Waals surface area (Å²) in [6.45, 7) is -0.634. The molecule has 0 radical (unpaired) electrons. The van der Waals surface area contributed by atoms with Crippen LogP contribution in [-0.4, -0.2) is 12.7 Å². The van der Waals surface area contributed by atoms with Crippen molar-refractivity contribution in [3.63, 3.8) is 0 Å². The second-order valence-corrected chi connectivity index (χ2v) is 5.22. The highest BCUT2D eigenvalue weighted by atomic mass is 35.5. The third-order valence-corrected chi connectivity index (χ3v) is 3.04. The number of hydrogen-bond acceptors (Lipinski definition) is 2. The van der Waals surface area contributed by atoms with E-state index < -0.39 is 12.7 Å². The lowest BCUT2D eigenvalue weighted by Gasteiger charge is -2.11. The monoisotopic (exact) mass is 329 g/mol. The molecule has 2 nitrogen and oxygen atoms in total. The average Bonchev–Trinajstić information content (AvgIpc) is 2.44. The number of hydrogen-bond donors (Lipinski definition) is 1. The largest absolute Gasteiger partial charge is 0.489 e. The SMILES string of the molecule is FC(F)(F)CNCc1cc(Cl)cc(COc2ccccc2)c1. The molecule has 0 aliphatic heterocycles. The number of rotatable bonds is 6. The number of para-hydroxylation sites is 1. The van der Waals surface area contributed by atoms with Crippen molar-refractivity contribution in [1.29, 1.82) is 0 Å². The maximum atomic E-state index is 12.1. The van der Waals surface area contributed by atoms with Gasteiger partial charge >= 0.3 is 6.18 Å². The third kappa shape index (κ3) is 5.95. The van der Waals surface area contributed by atoms with Crippen molar-refractivity contribution in [3.05, 3.63) is 64.7 Å². The van der Waals surface area contributed by atoms with Crippen molar-refractivity contribution in [1.82, 2.24) is 5.32 Å². The number of nitrogens with one attached hydrogen (secondary N) is 1. The molecule has 0 fully saturated rings. The van der Waals surface area contributed by atoms with Crippen LogP contribution in [0.3, 0.4) is 0 Å². The summed E-state index contributed by atoms with van der Waals surface area (Å²) in [6, 6.07) is 14.4. The van der Waals surface area contributed by atoms with Crippen LogP contribution in [-0.2, 0) is 13.2 Å². The molecule has 6 heteroatoms. The van der Waals surface area contributed by atoms with E-state index in [0.29, 0.717) is 17.2 Å². The summed E-state index contributed by atoms with van der Waals surface area (Å²) in [4.78, 5) is 0. The van der Waals surface area contributed by atoms with E-state index >= 15 is 0 Å². The summed E-state index contributed by atoms with van der Waals surface area (Å²) in [5, 5.41) is 2.82. The first kappa shape index (κ1) is 16.6. The minimum Gasteiger partial charge on any atom is -0.489 e. The standard InChI is InChI=1S/C16H15ClF3NO/c17-14-7-12(9-21-11-16(18,19)20)6-13(8-14)10-22-15-4-2-1-3-5-15/h1-8,21H,9-11H2. The molecular weight excluding hydrogens is 315 g/mol. The van der Waals surface area contributed by atoms with Crippen molar-refractivity contribution in [3.8, 4) is 5.75 Å². The van der Waals surface area contributed by atoms with Gasteiger partial charge in [-0.05, 0) is 35.4 Å². The maximum Gasteiger partial charge on any atom is 0.401 e. The minimum absolute atomic E-state index is 0.0956. The molecule has 2 aromatic rings. The molecule has 0 aliphatic carbocycles. The van der Waals surface area contributed by atoms with Crippen molar-refractivity contribution in [2.75, 3.05) is 6.54 Å². The van der Waals surface area contributed by atoms with Gasteiger partial charge in [0.2, 0.25) is 0 Å². The van der Waals surface area contributed by atoms with Gasteiger partial charge in [-0.25, -0.2) is 0 Å². The Hall–Kier alpha value is -1.72. The zero-order valence-corrected chi connectivity index (χ0v) is 12.4. The Balaban J connectivity index is 1.94. The Kier molecular flexibility index (Phi) is 5.69. The molecule has 2 aromatic carbocycles. The number of halogens is 4. The summed E-state index contributed by atoms with van der Waals surface area (Å²) in [6.07, 6.45) is -4.22. The average molecular weight is 330 g/mol. The van der Waals surface area contributed by atoms with Crippen LogP contribution in [0.4, 0.5) is 13.2 Å². The Labute approximate surface area is 131 Å². The fourth-order valence-corrected chi connectivity index (χ4v) is 2.22. The molecule has 0 aliphatic rings. The molecule has 0 spiro atoms. The summed E-state index contributed by atoms with van der Waals surface area (Å²) < 4.78 is 42.0. The molecule has 0 bridgehead atoms. The zero-order valence-electron chi connectivity index (χ0n) is 11.7. The zero-order chi connectivity index (χ0) is 16.0. The van der Waals surface area contributed by atoms with E-state index in [2.05, 4.69) is 5.32 Å². The van der Waals surface area contributed by atoms with Crippen molar-refractivity contribution in [2.24, 2.45) is 0 Å². The molecule has 1 N–H and O–H groups in total. The van der Waals surface area contributed by atoms with Crippen LogP contribution < -0.4 is 10.1 Å². The number of alkyl halides is 3. The van der Waals surface area contributed by atoms with Crippen LogP contribution in [0.5, 0.6) is 5.75 Å². The van der Waals surface area contributed by atoms with Crippen LogP contribution in [0.1, 0.15) is 11.1 Å². The Morgan fingerprint density at radius 2 is 1.68 bits per heavy atom. The van der Waals surface area contributed by atoms with Gasteiger partial charge in [0.1, 0.15) is 12.4 Å². The van der Waals surface area contributed by atoms with Gasteiger partial charge in [0, 0.05) is 11.6 Å². The Morgan fingerprint density at radius 1 is 1.00 bits per heavy atom. The fourth-order valence-electron chi connectivity index (χ4n) is 1.93. The Bertz CT molecular complexity index is 602. The number of ether oxygens (including phenoxy) is 1. The van der Waals surface area contributed by atoms with E-state index in [9.17, 15) is 13.2 Å². The molecule has 0 saturated heterocycles. The highest BCUT2D eigenvalue weighted by Gasteiger charge is 2.26. The van der Waals surface area contributed by atoms with E-state index in [0.717, 1.165) is 11.3 Å². The van der Waals surface area contributed by atoms with Crippen molar-refractivity contribution in [2.45, 2.75) is 19.3 Å². The van der Waals surface area contributed by atoms with Crippen molar-refractivity contribution >= 4 is 11.6 Å². The van der Waals surface area contributed by atoms with Crippen LogP contribution in [0.15, 0.2) is 48.5 Å². The topological polar surface area (TPSA) is 21.3 Å². The van der Waals surface area contributed by atoms with E-state index in [4.69, 9.17) is 16.3 Å². The lowest BCUT2D eigenvalue weighted by molar-refractivity contribution is -0.125. The molecule has 22 heavy (non-hydrogen) atoms. The van der Waals surface area contributed by atoms with E-state index in [1.807, 2.05) is 30.3 Å². The Morgan fingerprint density at radius 3 is 2.36 bits per heavy atom. The van der Waals surface area contributed by atoms with Gasteiger partial charge in [-0.2, -0.15) is 13.2 Å².